The van der Waals surface area contributed by atoms with Crippen molar-refractivity contribution in [2.75, 3.05) is 0 Å². The number of imidazole rings is 1. The SMILES string of the molecule is CCn1c(CO)nnc1C1CC(NC(=O)c2nc3ccc(C)cn3c2F)C1. The van der Waals surface area contributed by atoms with Gasteiger partial charge in [-0.15, -0.1) is 10.2 Å². The summed E-state index contributed by atoms with van der Waals surface area (Å²) in [6, 6.07) is 3.45. The second-order valence-electron chi connectivity index (χ2n) is 6.90. The van der Waals surface area contributed by atoms with Gasteiger partial charge in [0, 0.05) is 24.7 Å². The molecule has 0 aliphatic heterocycles. The highest BCUT2D eigenvalue weighted by Crippen LogP contribution is 2.36. The van der Waals surface area contributed by atoms with E-state index in [1.54, 1.807) is 12.3 Å². The van der Waals surface area contributed by atoms with E-state index in [4.69, 9.17) is 0 Å². The third-order valence-electron chi connectivity index (χ3n) is 5.08. The maximum atomic E-state index is 14.5. The smallest absolute Gasteiger partial charge is 0.274 e. The molecular formula is C18H21FN6O2. The van der Waals surface area contributed by atoms with Crippen LogP contribution < -0.4 is 5.32 Å². The first-order chi connectivity index (χ1) is 13.0. The molecule has 0 atom stereocenters. The van der Waals surface area contributed by atoms with Crippen LogP contribution in [-0.2, 0) is 13.2 Å². The third kappa shape index (κ3) is 2.97. The van der Waals surface area contributed by atoms with Crippen molar-refractivity contribution in [3.63, 3.8) is 0 Å². The van der Waals surface area contributed by atoms with E-state index in [-0.39, 0.29) is 24.3 Å². The Bertz CT molecular complexity index is 1000. The van der Waals surface area contributed by atoms with Gasteiger partial charge in [-0.25, -0.2) is 4.98 Å². The number of aliphatic hydroxyl groups is 1. The molecule has 1 fully saturated rings. The Kier molecular flexibility index (Phi) is 4.39. The maximum absolute atomic E-state index is 14.5. The van der Waals surface area contributed by atoms with Gasteiger partial charge in [-0.1, -0.05) is 6.07 Å². The van der Waals surface area contributed by atoms with Gasteiger partial charge in [0.05, 0.1) is 0 Å². The van der Waals surface area contributed by atoms with Crippen molar-refractivity contribution in [2.24, 2.45) is 0 Å². The number of carbonyl (C=O) groups excluding carboxylic acids is 1. The number of hydrogen-bond donors (Lipinski definition) is 2. The fourth-order valence-corrected chi connectivity index (χ4v) is 3.58. The van der Waals surface area contributed by atoms with Crippen molar-refractivity contribution >= 4 is 11.6 Å². The van der Waals surface area contributed by atoms with Crippen LogP contribution in [0.5, 0.6) is 0 Å². The van der Waals surface area contributed by atoms with E-state index in [1.165, 1.54) is 4.40 Å². The average molecular weight is 372 g/mol. The van der Waals surface area contributed by atoms with Crippen molar-refractivity contribution in [2.45, 2.75) is 51.8 Å². The molecule has 4 rings (SSSR count). The number of aryl methyl sites for hydroxylation is 1. The summed E-state index contributed by atoms with van der Waals surface area (Å²) in [6.45, 7) is 4.35. The number of hydrogen-bond acceptors (Lipinski definition) is 5. The average Bonchev–Trinajstić information content (AvgIpc) is 3.18. The number of amides is 1. The molecule has 8 nitrogen and oxygen atoms in total. The minimum absolute atomic E-state index is 0.0620. The number of aromatic nitrogens is 5. The highest BCUT2D eigenvalue weighted by atomic mass is 19.1. The number of nitrogens with zero attached hydrogens (tertiary/aromatic N) is 5. The van der Waals surface area contributed by atoms with Crippen LogP contribution in [0.15, 0.2) is 18.3 Å². The Morgan fingerprint density at radius 3 is 2.85 bits per heavy atom. The fourth-order valence-electron chi connectivity index (χ4n) is 3.58. The zero-order chi connectivity index (χ0) is 19.1. The van der Waals surface area contributed by atoms with E-state index in [1.807, 2.05) is 24.5 Å². The Labute approximate surface area is 155 Å². The molecule has 3 aromatic heterocycles. The third-order valence-corrected chi connectivity index (χ3v) is 5.08. The summed E-state index contributed by atoms with van der Waals surface area (Å²) < 4.78 is 17.7. The minimum Gasteiger partial charge on any atom is -0.388 e. The molecule has 2 N–H and O–H groups in total. The normalized spacial score (nSPS) is 19.3. The Hall–Kier alpha value is -2.81. The molecule has 1 aliphatic rings. The van der Waals surface area contributed by atoms with Gasteiger partial charge in [0.2, 0.25) is 5.95 Å². The summed E-state index contributed by atoms with van der Waals surface area (Å²) in [7, 11) is 0. The molecule has 1 aliphatic carbocycles. The molecule has 0 bridgehead atoms. The fraction of sp³-hybridized carbons (Fsp3) is 0.444. The maximum Gasteiger partial charge on any atom is 0.274 e. The zero-order valence-corrected chi connectivity index (χ0v) is 15.2. The number of rotatable bonds is 5. The van der Waals surface area contributed by atoms with E-state index in [0.29, 0.717) is 30.9 Å². The van der Waals surface area contributed by atoms with E-state index in [9.17, 15) is 14.3 Å². The highest BCUT2D eigenvalue weighted by Gasteiger charge is 2.36. The van der Waals surface area contributed by atoms with Crippen molar-refractivity contribution in [3.05, 3.63) is 47.2 Å². The van der Waals surface area contributed by atoms with Gasteiger partial charge in [0.25, 0.3) is 5.91 Å². The summed E-state index contributed by atoms with van der Waals surface area (Å²) >= 11 is 0. The number of halogens is 1. The van der Waals surface area contributed by atoms with Gasteiger partial charge in [-0.05, 0) is 38.3 Å². The number of carbonyl (C=O) groups is 1. The molecule has 3 aromatic rings. The standard InChI is InChI=1S/C18H21FN6O2/c1-3-24-14(9-26)22-23-17(24)11-6-12(7-11)20-18(27)15-16(19)25-8-10(2)4-5-13(25)21-15/h4-5,8,11-12,26H,3,6-7,9H2,1-2H3,(H,20,27). The van der Waals surface area contributed by atoms with E-state index < -0.39 is 11.9 Å². The van der Waals surface area contributed by atoms with Crippen LogP contribution in [0.2, 0.25) is 0 Å². The second-order valence-corrected chi connectivity index (χ2v) is 6.90. The summed E-state index contributed by atoms with van der Waals surface area (Å²) in [5.41, 5.74) is 1.10. The van der Waals surface area contributed by atoms with Crippen LogP contribution in [0.3, 0.4) is 0 Å². The summed E-state index contributed by atoms with van der Waals surface area (Å²) in [5.74, 6) is 0.366. The van der Waals surface area contributed by atoms with Crippen LogP contribution in [-0.4, -0.2) is 41.2 Å². The van der Waals surface area contributed by atoms with E-state index in [0.717, 1.165) is 11.4 Å². The van der Waals surface area contributed by atoms with Crippen LogP contribution >= 0.6 is 0 Å². The van der Waals surface area contributed by atoms with Gasteiger partial charge in [0.15, 0.2) is 11.5 Å². The van der Waals surface area contributed by atoms with Crippen molar-refractivity contribution in [1.82, 2.24) is 29.5 Å². The number of nitrogens with one attached hydrogen (secondary N) is 1. The molecular weight excluding hydrogens is 351 g/mol. The summed E-state index contributed by atoms with van der Waals surface area (Å²) in [6.07, 6.45) is 3.01. The van der Waals surface area contributed by atoms with Gasteiger partial charge in [0.1, 0.15) is 18.1 Å². The monoisotopic (exact) mass is 372 g/mol. The van der Waals surface area contributed by atoms with Crippen molar-refractivity contribution < 1.29 is 14.3 Å². The van der Waals surface area contributed by atoms with Crippen LogP contribution in [0.1, 0.15) is 53.4 Å². The molecule has 1 amide bonds. The van der Waals surface area contributed by atoms with E-state index >= 15 is 0 Å². The zero-order valence-electron chi connectivity index (χ0n) is 15.2. The van der Waals surface area contributed by atoms with Gasteiger partial charge < -0.3 is 15.0 Å². The quantitative estimate of drug-likeness (QED) is 0.708. The highest BCUT2D eigenvalue weighted by molar-refractivity contribution is 5.93. The molecule has 142 valence electrons. The lowest BCUT2D eigenvalue weighted by Gasteiger charge is -2.35. The van der Waals surface area contributed by atoms with E-state index in [2.05, 4.69) is 20.5 Å². The molecule has 0 aromatic carbocycles. The largest absolute Gasteiger partial charge is 0.388 e. The number of aliphatic hydroxyl groups excluding tert-OH is 1. The molecule has 0 radical (unpaired) electrons. The molecule has 1 saturated carbocycles. The topological polar surface area (TPSA) is 97.3 Å². The molecule has 0 saturated heterocycles. The van der Waals surface area contributed by atoms with Crippen molar-refractivity contribution in [1.29, 1.82) is 0 Å². The first-order valence-electron chi connectivity index (χ1n) is 8.99. The molecule has 3 heterocycles. The Morgan fingerprint density at radius 1 is 1.37 bits per heavy atom. The predicted octanol–water partition coefficient (Wildman–Crippen LogP) is 1.56. The lowest BCUT2D eigenvalue weighted by molar-refractivity contribution is 0.0897. The van der Waals surface area contributed by atoms with Crippen LogP contribution in [0, 0.1) is 12.9 Å². The Morgan fingerprint density at radius 2 is 2.15 bits per heavy atom. The minimum atomic E-state index is -0.652. The number of pyridine rings is 1. The second kappa shape index (κ2) is 6.73. The van der Waals surface area contributed by atoms with Crippen molar-refractivity contribution in [3.8, 4) is 0 Å². The van der Waals surface area contributed by atoms with Gasteiger partial charge >= 0.3 is 0 Å². The Balaban J connectivity index is 1.44. The molecule has 0 spiro atoms. The number of fused-ring (bicyclic) bond motifs is 1. The lowest BCUT2D eigenvalue weighted by atomic mass is 9.79. The first kappa shape index (κ1) is 17.6. The van der Waals surface area contributed by atoms with Crippen LogP contribution in [0.4, 0.5) is 4.39 Å². The van der Waals surface area contributed by atoms with Crippen LogP contribution in [0.25, 0.3) is 5.65 Å². The van der Waals surface area contributed by atoms with Gasteiger partial charge in [-0.2, -0.15) is 4.39 Å². The molecule has 9 heteroatoms. The first-order valence-corrected chi connectivity index (χ1v) is 8.99. The molecule has 27 heavy (non-hydrogen) atoms. The molecule has 0 unspecified atom stereocenters. The summed E-state index contributed by atoms with van der Waals surface area (Å²) in [4.78, 5) is 16.6. The summed E-state index contributed by atoms with van der Waals surface area (Å²) in [5, 5.41) is 20.3. The predicted molar refractivity (Wildman–Crippen MR) is 94.7 cm³/mol. The van der Waals surface area contributed by atoms with Gasteiger partial charge in [-0.3, -0.25) is 9.20 Å². The lowest BCUT2D eigenvalue weighted by Crippen LogP contribution is -2.44.